The third-order valence-electron chi connectivity index (χ3n) is 2.93. The molecule has 1 aromatic heterocycles. The number of nitrogens with one attached hydrogen (secondary N) is 1. The van der Waals surface area contributed by atoms with Crippen molar-refractivity contribution in [1.29, 1.82) is 0 Å². The van der Waals surface area contributed by atoms with E-state index >= 15 is 0 Å². The van der Waals surface area contributed by atoms with E-state index in [0.717, 1.165) is 11.3 Å². The summed E-state index contributed by atoms with van der Waals surface area (Å²) in [5, 5.41) is 5.45. The van der Waals surface area contributed by atoms with E-state index in [1.807, 2.05) is 6.92 Å². The van der Waals surface area contributed by atoms with Crippen LogP contribution in [0.4, 0.5) is 10.1 Å². The summed E-state index contributed by atoms with van der Waals surface area (Å²) in [6, 6.07) is 5.63. The molecule has 0 bridgehead atoms. The molecule has 0 spiro atoms. The summed E-state index contributed by atoms with van der Waals surface area (Å²) in [4.78, 5) is 1.29. The zero-order valence-electron chi connectivity index (χ0n) is 10.6. The Labute approximate surface area is 119 Å². The van der Waals surface area contributed by atoms with Gasteiger partial charge in [-0.2, -0.15) is 0 Å². The fraction of sp³-hybridized carbons (Fsp3) is 0.286. The van der Waals surface area contributed by atoms with E-state index in [4.69, 9.17) is 0 Å². The zero-order chi connectivity index (χ0) is 13.3. The van der Waals surface area contributed by atoms with Crippen LogP contribution < -0.4 is 5.32 Å². The first-order chi connectivity index (χ1) is 8.49. The molecule has 0 radical (unpaired) electrons. The van der Waals surface area contributed by atoms with Crippen LogP contribution in [0.5, 0.6) is 0 Å². The van der Waals surface area contributed by atoms with E-state index in [1.54, 1.807) is 23.5 Å². The molecule has 2 aromatic rings. The maximum absolute atomic E-state index is 13.5. The van der Waals surface area contributed by atoms with Gasteiger partial charge in [0.25, 0.3) is 0 Å². The lowest BCUT2D eigenvalue weighted by Crippen LogP contribution is -2.07. The number of rotatable bonds is 3. The first-order valence-electron chi connectivity index (χ1n) is 5.75. The highest BCUT2D eigenvalue weighted by Crippen LogP contribution is 2.30. The van der Waals surface area contributed by atoms with E-state index in [-0.39, 0.29) is 11.9 Å². The van der Waals surface area contributed by atoms with Crippen LogP contribution >= 0.6 is 27.3 Å². The highest BCUT2D eigenvalue weighted by atomic mass is 79.9. The second-order valence-electron chi connectivity index (χ2n) is 4.42. The first kappa shape index (κ1) is 13.6. The molecular weight excluding hydrogens is 313 g/mol. The van der Waals surface area contributed by atoms with Crippen molar-refractivity contribution >= 4 is 33.0 Å². The minimum atomic E-state index is -0.238. The molecule has 0 saturated heterocycles. The van der Waals surface area contributed by atoms with Crippen molar-refractivity contribution in [2.75, 3.05) is 5.32 Å². The van der Waals surface area contributed by atoms with Gasteiger partial charge in [0.1, 0.15) is 5.82 Å². The van der Waals surface area contributed by atoms with E-state index in [2.05, 4.69) is 46.5 Å². The van der Waals surface area contributed by atoms with Crippen LogP contribution in [0.3, 0.4) is 0 Å². The molecule has 0 aliphatic rings. The quantitative estimate of drug-likeness (QED) is 0.791. The van der Waals surface area contributed by atoms with Gasteiger partial charge in [0.15, 0.2) is 0 Å². The molecule has 1 N–H and O–H groups in total. The number of thiophene rings is 1. The second-order valence-corrected chi connectivity index (χ2v) is 6.22. The third-order valence-corrected chi connectivity index (χ3v) is 4.74. The number of anilines is 1. The van der Waals surface area contributed by atoms with Gasteiger partial charge in [-0.3, -0.25) is 0 Å². The van der Waals surface area contributed by atoms with Crippen LogP contribution in [0.2, 0.25) is 0 Å². The van der Waals surface area contributed by atoms with Crippen molar-refractivity contribution in [3.63, 3.8) is 0 Å². The van der Waals surface area contributed by atoms with E-state index in [0.29, 0.717) is 4.47 Å². The molecule has 0 saturated carbocycles. The lowest BCUT2D eigenvalue weighted by molar-refractivity contribution is 0.620. The molecule has 1 nitrogen and oxygen atoms in total. The summed E-state index contributed by atoms with van der Waals surface area (Å²) in [5.41, 5.74) is 3.15. The fourth-order valence-electron chi connectivity index (χ4n) is 1.93. The van der Waals surface area contributed by atoms with Crippen LogP contribution in [0.25, 0.3) is 0 Å². The van der Waals surface area contributed by atoms with Gasteiger partial charge < -0.3 is 5.32 Å². The average molecular weight is 328 g/mol. The Morgan fingerprint density at radius 1 is 1.28 bits per heavy atom. The van der Waals surface area contributed by atoms with E-state index in [1.165, 1.54) is 10.4 Å². The molecule has 1 unspecified atom stereocenters. The van der Waals surface area contributed by atoms with Crippen LogP contribution in [-0.4, -0.2) is 0 Å². The third kappa shape index (κ3) is 2.75. The fourth-order valence-corrected chi connectivity index (χ4v) is 3.32. The Bertz CT molecular complexity index is 565. The Balaban J connectivity index is 2.24. The lowest BCUT2D eigenvalue weighted by Gasteiger charge is -2.17. The van der Waals surface area contributed by atoms with Crippen LogP contribution in [-0.2, 0) is 0 Å². The summed E-state index contributed by atoms with van der Waals surface area (Å²) in [6.45, 7) is 6.16. The minimum absolute atomic E-state index is 0.185. The summed E-state index contributed by atoms with van der Waals surface area (Å²) < 4.78 is 14.1. The van der Waals surface area contributed by atoms with Crippen LogP contribution in [0, 0.1) is 19.7 Å². The molecule has 0 fully saturated rings. The van der Waals surface area contributed by atoms with E-state index in [9.17, 15) is 4.39 Å². The van der Waals surface area contributed by atoms with Crippen molar-refractivity contribution in [1.82, 2.24) is 0 Å². The summed E-state index contributed by atoms with van der Waals surface area (Å²) in [5.74, 6) is -0.238. The van der Waals surface area contributed by atoms with Crippen LogP contribution in [0.15, 0.2) is 28.1 Å². The molecule has 1 atom stereocenters. The standard InChI is InChI=1S/C14H15BrFNS/c1-8-4-5-18-14(8)10(3)17-13-7-12(16)11(15)6-9(13)2/h4-7,10,17H,1-3H3. The summed E-state index contributed by atoms with van der Waals surface area (Å²) in [6.07, 6.45) is 0. The van der Waals surface area contributed by atoms with Crippen molar-refractivity contribution in [3.8, 4) is 0 Å². The first-order valence-corrected chi connectivity index (χ1v) is 7.42. The van der Waals surface area contributed by atoms with E-state index < -0.39 is 0 Å². The highest BCUT2D eigenvalue weighted by Gasteiger charge is 2.12. The van der Waals surface area contributed by atoms with Gasteiger partial charge in [-0.25, -0.2) is 4.39 Å². The molecule has 0 amide bonds. The Morgan fingerprint density at radius 3 is 2.61 bits per heavy atom. The van der Waals surface area contributed by atoms with Gasteiger partial charge in [0.05, 0.1) is 10.5 Å². The molecule has 0 aliphatic carbocycles. The van der Waals surface area contributed by atoms with Gasteiger partial charge in [-0.15, -0.1) is 11.3 Å². The van der Waals surface area contributed by atoms with Gasteiger partial charge >= 0.3 is 0 Å². The van der Waals surface area contributed by atoms with Crippen molar-refractivity contribution in [2.24, 2.45) is 0 Å². The maximum atomic E-state index is 13.5. The largest absolute Gasteiger partial charge is 0.377 e. The minimum Gasteiger partial charge on any atom is -0.377 e. The number of hydrogen-bond acceptors (Lipinski definition) is 2. The summed E-state index contributed by atoms with van der Waals surface area (Å²) in [7, 11) is 0. The van der Waals surface area contributed by atoms with Crippen molar-refractivity contribution in [2.45, 2.75) is 26.8 Å². The summed E-state index contributed by atoms with van der Waals surface area (Å²) >= 11 is 4.92. The van der Waals surface area contributed by atoms with Gasteiger partial charge in [-0.1, -0.05) is 0 Å². The van der Waals surface area contributed by atoms with Gasteiger partial charge in [0, 0.05) is 10.6 Å². The van der Waals surface area contributed by atoms with Crippen LogP contribution in [0.1, 0.15) is 29.0 Å². The Hall–Kier alpha value is -0.870. The molecule has 18 heavy (non-hydrogen) atoms. The number of aryl methyl sites for hydroxylation is 2. The van der Waals surface area contributed by atoms with Gasteiger partial charge in [0.2, 0.25) is 0 Å². The predicted molar refractivity (Wildman–Crippen MR) is 79.9 cm³/mol. The average Bonchev–Trinajstić information content (AvgIpc) is 2.72. The molecule has 96 valence electrons. The molecular formula is C14H15BrFNS. The van der Waals surface area contributed by atoms with Crippen molar-refractivity contribution < 1.29 is 4.39 Å². The lowest BCUT2D eigenvalue weighted by atomic mass is 10.1. The maximum Gasteiger partial charge on any atom is 0.139 e. The molecule has 0 aliphatic heterocycles. The number of benzene rings is 1. The molecule has 1 aromatic carbocycles. The second kappa shape index (κ2) is 5.41. The Kier molecular flexibility index (Phi) is 4.07. The smallest absolute Gasteiger partial charge is 0.139 e. The highest BCUT2D eigenvalue weighted by molar-refractivity contribution is 9.10. The number of hydrogen-bond donors (Lipinski definition) is 1. The topological polar surface area (TPSA) is 12.0 Å². The molecule has 1 heterocycles. The Morgan fingerprint density at radius 2 is 2.00 bits per heavy atom. The monoisotopic (exact) mass is 327 g/mol. The zero-order valence-corrected chi connectivity index (χ0v) is 13.0. The van der Waals surface area contributed by atoms with Gasteiger partial charge in [-0.05, 0) is 71.4 Å². The normalized spacial score (nSPS) is 12.5. The number of halogens is 2. The predicted octanol–water partition coefficient (Wildman–Crippen LogP) is 5.44. The van der Waals surface area contributed by atoms with Crippen molar-refractivity contribution in [3.05, 3.63) is 49.9 Å². The molecule has 4 heteroatoms. The SMILES string of the molecule is Cc1cc(Br)c(F)cc1NC(C)c1sccc1C. The molecule has 2 rings (SSSR count).